The number of aromatic nitrogens is 2. The molecular formula is C35H28N2O. The fraction of sp³-hybridized carbons (Fsp3) is 0.114. The summed E-state index contributed by atoms with van der Waals surface area (Å²) < 4.78 is 8.45. The molecule has 38 heavy (non-hydrogen) atoms. The van der Waals surface area contributed by atoms with Crippen molar-refractivity contribution in [2.75, 3.05) is 0 Å². The second-order valence-electron chi connectivity index (χ2n) is 10.1. The van der Waals surface area contributed by atoms with Crippen molar-refractivity contribution in [3.05, 3.63) is 121 Å². The normalized spacial score (nSPS) is 12.5. The third-order valence-corrected chi connectivity index (χ3v) is 7.75. The molecule has 0 amide bonds. The summed E-state index contributed by atoms with van der Waals surface area (Å²) in [6.45, 7) is 4.46. The van der Waals surface area contributed by atoms with E-state index in [1.165, 1.54) is 44.2 Å². The average Bonchev–Trinajstić information content (AvgIpc) is 3.56. The van der Waals surface area contributed by atoms with Crippen LogP contribution in [0.5, 0.6) is 0 Å². The fourth-order valence-corrected chi connectivity index (χ4v) is 5.42. The minimum atomic E-state index is 0.512. The topological polar surface area (TPSA) is 31.0 Å². The molecule has 0 aliphatic rings. The first kappa shape index (κ1) is 22.6. The highest BCUT2D eigenvalue weighted by atomic mass is 16.3. The van der Waals surface area contributed by atoms with Gasteiger partial charge in [-0.05, 0) is 83.6 Å². The van der Waals surface area contributed by atoms with E-state index in [4.69, 9.17) is 9.40 Å². The Kier molecular flexibility index (Phi) is 5.36. The van der Waals surface area contributed by atoms with Crippen LogP contribution < -0.4 is 0 Å². The molecule has 2 heterocycles. The molecule has 2 aromatic heterocycles. The summed E-state index contributed by atoms with van der Waals surface area (Å²) in [5, 5.41) is 2.51. The number of fused-ring (bicyclic) bond motifs is 4. The maximum atomic E-state index is 6.10. The molecule has 3 nitrogen and oxygen atoms in total. The smallest absolute Gasteiger partial charge is 0.227 e. The quantitative estimate of drug-likeness (QED) is 0.239. The van der Waals surface area contributed by atoms with E-state index in [0.717, 1.165) is 23.1 Å². The molecule has 1 atom stereocenters. The van der Waals surface area contributed by atoms with E-state index in [1.807, 2.05) is 6.07 Å². The van der Waals surface area contributed by atoms with Crippen LogP contribution >= 0.6 is 0 Å². The lowest BCUT2D eigenvalue weighted by molar-refractivity contribution is 0.619. The van der Waals surface area contributed by atoms with Crippen molar-refractivity contribution in [2.45, 2.75) is 26.2 Å². The number of rotatable bonds is 5. The van der Waals surface area contributed by atoms with Crippen LogP contribution in [0, 0.1) is 0 Å². The van der Waals surface area contributed by atoms with Gasteiger partial charge in [0.1, 0.15) is 5.52 Å². The van der Waals surface area contributed by atoms with Gasteiger partial charge in [-0.25, -0.2) is 4.98 Å². The minimum Gasteiger partial charge on any atom is -0.436 e. The van der Waals surface area contributed by atoms with Crippen molar-refractivity contribution in [1.29, 1.82) is 0 Å². The second-order valence-corrected chi connectivity index (χ2v) is 10.1. The van der Waals surface area contributed by atoms with Crippen LogP contribution in [-0.2, 0) is 0 Å². The van der Waals surface area contributed by atoms with E-state index in [2.05, 4.69) is 128 Å². The first-order chi connectivity index (χ1) is 18.7. The largest absolute Gasteiger partial charge is 0.436 e. The van der Waals surface area contributed by atoms with E-state index in [9.17, 15) is 0 Å². The van der Waals surface area contributed by atoms with E-state index >= 15 is 0 Å². The van der Waals surface area contributed by atoms with Gasteiger partial charge in [0.15, 0.2) is 5.58 Å². The Bertz CT molecular complexity index is 1910. The summed E-state index contributed by atoms with van der Waals surface area (Å²) >= 11 is 0. The van der Waals surface area contributed by atoms with E-state index in [1.54, 1.807) is 0 Å². The molecule has 0 fully saturated rings. The molecule has 0 radical (unpaired) electrons. The first-order valence-electron chi connectivity index (χ1n) is 13.3. The van der Waals surface area contributed by atoms with Gasteiger partial charge >= 0.3 is 0 Å². The highest BCUT2D eigenvalue weighted by molar-refractivity contribution is 6.10. The Hall–Kier alpha value is -4.63. The predicted molar refractivity (Wildman–Crippen MR) is 158 cm³/mol. The SMILES string of the molecule is CCC(C)c1ccc2oc(-c3ccc(-c4ccc5c(c4)c4ccccc4n5-c4ccccc4)cc3)nc2c1. The monoisotopic (exact) mass is 492 g/mol. The minimum absolute atomic E-state index is 0.512. The Labute approximate surface area is 222 Å². The summed E-state index contributed by atoms with van der Waals surface area (Å²) in [7, 11) is 0. The molecule has 1 unspecified atom stereocenters. The van der Waals surface area contributed by atoms with Gasteiger partial charge in [0.05, 0.1) is 11.0 Å². The van der Waals surface area contributed by atoms with Crippen LogP contribution in [0.3, 0.4) is 0 Å². The van der Waals surface area contributed by atoms with Crippen molar-refractivity contribution in [3.63, 3.8) is 0 Å². The summed E-state index contributed by atoms with van der Waals surface area (Å²) in [5.41, 5.74) is 9.99. The molecule has 5 aromatic carbocycles. The molecule has 7 rings (SSSR count). The fourth-order valence-electron chi connectivity index (χ4n) is 5.42. The summed E-state index contributed by atoms with van der Waals surface area (Å²) in [4.78, 5) is 4.80. The number of benzene rings is 5. The van der Waals surface area contributed by atoms with Gasteiger partial charge in [-0.2, -0.15) is 0 Å². The summed E-state index contributed by atoms with van der Waals surface area (Å²) in [6, 6.07) is 40.8. The zero-order valence-corrected chi connectivity index (χ0v) is 21.6. The highest BCUT2D eigenvalue weighted by Gasteiger charge is 2.14. The Morgan fingerprint density at radius 1 is 0.684 bits per heavy atom. The zero-order valence-electron chi connectivity index (χ0n) is 21.6. The van der Waals surface area contributed by atoms with Crippen LogP contribution in [0.1, 0.15) is 31.7 Å². The summed E-state index contributed by atoms with van der Waals surface area (Å²) in [6.07, 6.45) is 1.11. The molecule has 184 valence electrons. The molecule has 0 bridgehead atoms. The zero-order chi connectivity index (χ0) is 25.6. The lowest BCUT2D eigenvalue weighted by Gasteiger charge is -2.08. The first-order valence-corrected chi connectivity index (χ1v) is 13.3. The number of oxazole rings is 1. The van der Waals surface area contributed by atoms with Crippen LogP contribution in [0.4, 0.5) is 0 Å². The van der Waals surface area contributed by atoms with Crippen molar-refractivity contribution in [2.24, 2.45) is 0 Å². The Balaban J connectivity index is 1.27. The van der Waals surface area contributed by atoms with Crippen LogP contribution in [-0.4, -0.2) is 9.55 Å². The molecule has 0 aliphatic carbocycles. The molecule has 3 heteroatoms. The number of para-hydroxylation sites is 2. The number of hydrogen-bond donors (Lipinski definition) is 0. The second kappa shape index (κ2) is 9.04. The molecule has 0 aliphatic heterocycles. The standard InChI is InChI=1S/C35H28N2O/c1-3-23(2)26-18-20-34-31(22-26)36-35(38-34)25-15-13-24(14-16-25)27-17-19-33-30(21-27)29-11-7-8-12-32(29)37(33)28-9-5-4-6-10-28/h4-23H,3H2,1-2H3. The van der Waals surface area contributed by atoms with Crippen molar-refractivity contribution in [1.82, 2.24) is 9.55 Å². The van der Waals surface area contributed by atoms with Crippen molar-refractivity contribution in [3.8, 4) is 28.3 Å². The molecule has 7 aromatic rings. The van der Waals surface area contributed by atoms with Gasteiger partial charge in [0, 0.05) is 22.0 Å². The molecule has 0 saturated carbocycles. The van der Waals surface area contributed by atoms with Gasteiger partial charge in [-0.1, -0.05) is 74.5 Å². The Morgan fingerprint density at radius 2 is 1.39 bits per heavy atom. The van der Waals surface area contributed by atoms with Gasteiger partial charge in [-0.15, -0.1) is 0 Å². The molecule has 0 N–H and O–H groups in total. The maximum absolute atomic E-state index is 6.10. The maximum Gasteiger partial charge on any atom is 0.227 e. The number of hydrogen-bond acceptors (Lipinski definition) is 2. The van der Waals surface area contributed by atoms with Gasteiger partial charge in [0.25, 0.3) is 0 Å². The third-order valence-electron chi connectivity index (χ3n) is 7.75. The lowest BCUT2D eigenvalue weighted by Crippen LogP contribution is -1.92. The predicted octanol–water partition coefficient (Wildman–Crippen LogP) is 9.77. The third kappa shape index (κ3) is 3.71. The van der Waals surface area contributed by atoms with E-state index in [-0.39, 0.29) is 0 Å². The van der Waals surface area contributed by atoms with E-state index < -0.39 is 0 Å². The highest BCUT2D eigenvalue weighted by Crippen LogP contribution is 2.35. The van der Waals surface area contributed by atoms with Crippen LogP contribution in [0.25, 0.3) is 61.2 Å². The van der Waals surface area contributed by atoms with Crippen molar-refractivity contribution >= 4 is 32.9 Å². The average molecular weight is 493 g/mol. The number of nitrogens with zero attached hydrogens (tertiary/aromatic N) is 2. The lowest BCUT2D eigenvalue weighted by atomic mass is 9.98. The molecule has 0 spiro atoms. The Morgan fingerprint density at radius 3 is 2.21 bits per heavy atom. The van der Waals surface area contributed by atoms with Gasteiger partial charge < -0.3 is 8.98 Å². The van der Waals surface area contributed by atoms with Crippen molar-refractivity contribution < 1.29 is 4.42 Å². The van der Waals surface area contributed by atoms with Gasteiger partial charge in [0.2, 0.25) is 5.89 Å². The van der Waals surface area contributed by atoms with Gasteiger partial charge in [-0.3, -0.25) is 0 Å². The van der Waals surface area contributed by atoms with Crippen LogP contribution in [0.15, 0.2) is 120 Å². The molecule has 0 saturated heterocycles. The summed E-state index contributed by atoms with van der Waals surface area (Å²) in [5.74, 6) is 1.17. The van der Waals surface area contributed by atoms with Crippen LogP contribution in [0.2, 0.25) is 0 Å². The van der Waals surface area contributed by atoms with E-state index in [0.29, 0.717) is 11.8 Å². The molecular weight excluding hydrogens is 464 g/mol.